The monoisotopic (exact) mass is 429 g/mol. The highest BCUT2D eigenvalue weighted by atomic mass is 35.5. The molecule has 0 unspecified atom stereocenters. The summed E-state index contributed by atoms with van der Waals surface area (Å²) in [5.41, 5.74) is 2.29. The van der Waals surface area contributed by atoms with Gasteiger partial charge in [-0.2, -0.15) is 0 Å². The summed E-state index contributed by atoms with van der Waals surface area (Å²) in [7, 11) is 0. The topological polar surface area (TPSA) is 49.2 Å². The molecule has 0 saturated heterocycles. The highest BCUT2D eigenvalue weighted by molar-refractivity contribution is 7.98. The number of hydrogen-bond donors (Lipinski definition) is 0. The number of halogens is 1. The summed E-state index contributed by atoms with van der Waals surface area (Å²) in [4.78, 5) is 0. The van der Waals surface area contributed by atoms with Crippen molar-refractivity contribution in [1.82, 2.24) is 14.8 Å². The smallest absolute Gasteiger partial charge is 0.191 e. The van der Waals surface area contributed by atoms with Crippen LogP contribution in [0.2, 0.25) is 5.02 Å². The van der Waals surface area contributed by atoms with Crippen LogP contribution >= 0.6 is 23.4 Å². The number of nitrogens with zero attached hydrogens (tertiary/aromatic N) is 3. The van der Waals surface area contributed by atoms with Crippen LogP contribution in [-0.2, 0) is 18.9 Å². The van der Waals surface area contributed by atoms with Gasteiger partial charge in [0.25, 0.3) is 0 Å². The Kier molecular flexibility index (Phi) is 7.61. The Labute approximate surface area is 180 Å². The summed E-state index contributed by atoms with van der Waals surface area (Å²) in [6, 6.07) is 13.7. The van der Waals surface area contributed by atoms with E-state index >= 15 is 0 Å². The Morgan fingerprint density at radius 3 is 2.62 bits per heavy atom. The van der Waals surface area contributed by atoms with Gasteiger partial charge in [-0.25, -0.2) is 0 Å². The van der Waals surface area contributed by atoms with Crippen LogP contribution in [0.5, 0.6) is 11.5 Å². The van der Waals surface area contributed by atoms with Crippen LogP contribution in [0.3, 0.4) is 0 Å². The Morgan fingerprint density at radius 1 is 1.10 bits per heavy atom. The molecule has 0 bridgehead atoms. The summed E-state index contributed by atoms with van der Waals surface area (Å²) in [5, 5.41) is 10.2. The van der Waals surface area contributed by atoms with Crippen LogP contribution < -0.4 is 9.47 Å². The van der Waals surface area contributed by atoms with Gasteiger partial charge in [0.15, 0.2) is 22.5 Å². The molecule has 1 heterocycles. The lowest BCUT2D eigenvalue weighted by molar-refractivity contribution is 0.259. The number of hydrogen-bond acceptors (Lipinski definition) is 5. The van der Waals surface area contributed by atoms with E-state index in [-0.39, 0.29) is 0 Å². The number of aryl methyl sites for hydroxylation is 1. The maximum atomic E-state index is 6.00. The number of aromatic nitrogens is 3. The largest absolute Gasteiger partial charge is 0.490 e. The van der Waals surface area contributed by atoms with Crippen LogP contribution in [0.4, 0.5) is 0 Å². The molecular formula is C22H24ClN3O2S. The van der Waals surface area contributed by atoms with Crippen LogP contribution in [0.25, 0.3) is 0 Å². The predicted octanol–water partition coefficient (Wildman–Crippen LogP) is 5.70. The van der Waals surface area contributed by atoms with Crippen molar-refractivity contribution in [2.24, 2.45) is 0 Å². The van der Waals surface area contributed by atoms with Gasteiger partial charge in [0.1, 0.15) is 6.61 Å². The number of rotatable bonds is 10. The first kappa shape index (κ1) is 21.3. The standard InChI is InChI=1S/C22H24ClN3O2S/c1-4-12-26-21(14-28-19-11-6-16(3)13-20(19)27-5-2)24-25-22(26)29-15-17-7-9-18(23)10-8-17/h4,6-11,13H,1,5,12,14-15H2,2-3H3. The highest BCUT2D eigenvalue weighted by Gasteiger charge is 2.14. The molecule has 0 radical (unpaired) electrons. The lowest BCUT2D eigenvalue weighted by Crippen LogP contribution is -2.08. The Balaban J connectivity index is 1.71. The fourth-order valence-corrected chi connectivity index (χ4v) is 3.77. The molecule has 3 rings (SSSR count). The third-order valence-electron chi connectivity index (χ3n) is 4.14. The van der Waals surface area contributed by atoms with Crippen LogP contribution in [0, 0.1) is 6.92 Å². The van der Waals surface area contributed by atoms with Gasteiger partial charge in [0.05, 0.1) is 6.61 Å². The summed E-state index contributed by atoms with van der Waals surface area (Å²) in [5.74, 6) is 2.95. The Bertz CT molecular complexity index is 957. The molecule has 29 heavy (non-hydrogen) atoms. The maximum Gasteiger partial charge on any atom is 0.191 e. The van der Waals surface area contributed by atoms with E-state index in [1.165, 1.54) is 5.56 Å². The molecule has 152 valence electrons. The zero-order chi connectivity index (χ0) is 20.6. The van der Waals surface area contributed by atoms with Gasteiger partial charge in [-0.3, -0.25) is 4.57 Å². The lowest BCUT2D eigenvalue weighted by Gasteiger charge is -2.13. The minimum Gasteiger partial charge on any atom is -0.490 e. The minimum absolute atomic E-state index is 0.297. The first-order valence-corrected chi connectivity index (χ1v) is 10.7. The molecule has 0 saturated carbocycles. The molecule has 3 aromatic rings. The van der Waals surface area contributed by atoms with Gasteiger partial charge in [-0.15, -0.1) is 16.8 Å². The van der Waals surface area contributed by atoms with E-state index in [0.717, 1.165) is 33.1 Å². The predicted molar refractivity (Wildman–Crippen MR) is 118 cm³/mol. The van der Waals surface area contributed by atoms with Crippen molar-refractivity contribution in [3.05, 3.63) is 77.1 Å². The van der Waals surface area contributed by atoms with E-state index < -0.39 is 0 Å². The SMILES string of the molecule is C=CCn1c(COc2ccc(C)cc2OCC)nnc1SCc1ccc(Cl)cc1. The molecule has 2 aromatic carbocycles. The fourth-order valence-electron chi connectivity index (χ4n) is 2.72. The highest BCUT2D eigenvalue weighted by Crippen LogP contribution is 2.29. The van der Waals surface area contributed by atoms with E-state index in [1.807, 2.05) is 67.0 Å². The van der Waals surface area contributed by atoms with E-state index in [9.17, 15) is 0 Å². The molecule has 0 spiro atoms. The van der Waals surface area contributed by atoms with E-state index in [4.69, 9.17) is 21.1 Å². The third kappa shape index (κ3) is 5.78. The quantitative estimate of drug-likeness (QED) is 0.306. The lowest BCUT2D eigenvalue weighted by atomic mass is 10.2. The number of allylic oxidation sites excluding steroid dienone is 1. The summed E-state index contributed by atoms with van der Waals surface area (Å²) in [6.45, 7) is 9.32. The number of benzene rings is 2. The van der Waals surface area contributed by atoms with Crippen molar-refractivity contribution < 1.29 is 9.47 Å². The summed E-state index contributed by atoms with van der Waals surface area (Å²) < 4.78 is 13.7. The second-order valence-electron chi connectivity index (χ2n) is 6.39. The zero-order valence-electron chi connectivity index (χ0n) is 16.6. The molecule has 0 aliphatic carbocycles. The molecular weight excluding hydrogens is 406 g/mol. The van der Waals surface area contributed by atoms with E-state index in [1.54, 1.807) is 11.8 Å². The van der Waals surface area contributed by atoms with Gasteiger partial charge in [0.2, 0.25) is 0 Å². The molecule has 0 amide bonds. The third-order valence-corrected chi connectivity index (χ3v) is 5.43. The van der Waals surface area contributed by atoms with Gasteiger partial charge >= 0.3 is 0 Å². The second kappa shape index (κ2) is 10.4. The molecule has 0 aliphatic heterocycles. The fraction of sp³-hybridized carbons (Fsp3) is 0.273. The van der Waals surface area contributed by atoms with Crippen molar-refractivity contribution in [2.75, 3.05) is 6.61 Å². The van der Waals surface area contributed by atoms with Crippen molar-refractivity contribution in [2.45, 2.75) is 37.9 Å². The van der Waals surface area contributed by atoms with E-state index in [2.05, 4.69) is 16.8 Å². The van der Waals surface area contributed by atoms with Crippen LogP contribution in [-0.4, -0.2) is 21.4 Å². The molecule has 0 N–H and O–H groups in total. The first-order valence-electron chi connectivity index (χ1n) is 9.37. The van der Waals surface area contributed by atoms with Gasteiger partial charge in [0, 0.05) is 17.3 Å². The summed E-state index contributed by atoms with van der Waals surface area (Å²) in [6.07, 6.45) is 1.83. The first-order chi connectivity index (χ1) is 14.1. The minimum atomic E-state index is 0.297. The van der Waals surface area contributed by atoms with Crippen molar-refractivity contribution >= 4 is 23.4 Å². The molecule has 0 fully saturated rings. The van der Waals surface area contributed by atoms with E-state index in [0.29, 0.717) is 25.5 Å². The average Bonchev–Trinajstić information content (AvgIpc) is 3.09. The average molecular weight is 430 g/mol. The van der Waals surface area contributed by atoms with Gasteiger partial charge in [-0.05, 0) is 49.2 Å². The molecule has 1 aromatic heterocycles. The van der Waals surface area contributed by atoms with Gasteiger partial charge < -0.3 is 9.47 Å². The van der Waals surface area contributed by atoms with Crippen molar-refractivity contribution in [1.29, 1.82) is 0 Å². The van der Waals surface area contributed by atoms with Crippen molar-refractivity contribution in [3.8, 4) is 11.5 Å². The van der Waals surface area contributed by atoms with Crippen LogP contribution in [0.15, 0.2) is 60.3 Å². The molecule has 7 heteroatoms. The molecule has 5 nitrogen and oxygen atoms in total. The summed E-state index contributed by atoms with van der Waals surface area (Å²) >= 11 is 7.58. The Morgan fingerprint density at radius 2 is 1.90 bits per heavy atom. The Hall–Kier alpha value is -2.44. The normalized spacial score (nSPS) is 10.7. The number of ether oxygens (including phenoxy) is 2. The second-order valence-corrected chi connectivity index (χ2v) is 7.76. The molecule has 0 atom stereocenters. The van der Waals surface area contributed by atoms with Gasteiger partial charge in [-0.1, -0.05) is 47.6 Å². The molecule has 0 aliphatic rings. The zero-order valence-corrected chi connectivity index (χ0v) is 18.2. The number of thioether (sulfide) groups is 1. The maximum absolute atomic E-state index is 6.00. The van der Waals surface area contributed by atoms with Crippen LogP contribution in [0.1, 0.15) is 23.9 Å². The van der Waals surface area contributed by atoms with Crippen molar-refractivity contribution in [3.63, 3.8) is 0 Å².